The zero-order chi connectivity index (χ0) is 16.4. The van der Waals surface area contributed by atoms with E-state index in [9.17, 15) is 4.79 Å². The van der Waals surface area contributed by atoms with Gasteiger partial charge in [0.25, 0.3) is 5.91 Å². The van der Waals surface area contributed by atoms with Crippen molar-refractivity contribution in [2.75, 3.05) is 20.2 Å². The molecule has 1 aromatic carbocycles. The van der Waals surface area contributed by atoms with Crippen LogP contribution in [0, 0.1) is 0 Å². The third kappa shape index (κ3) is 3.59. The molecule has 1 aliphatic rings. The van der Waals surface area contributed by atoms with Crippen molar-refractivity contribution in [3.05, 3.63) is 51.7 Å². The van der Waals surface area contributed by atoms with Crippen LogP contribution in [0.25, 0.3) is 0 Å². The maximum atomic E-state index is 12.5. The average Bonchev–Trinajstić information content (AvgIpc) is 2.56. The molecule has 0 spiro atoms. The van der Waals surface area contributed by atoms with Crippen molar-refractivity contribution in [3.63, 3.8) is 0 Å². The molecule has 0 radical (unpaired) electrons. The predicted molar refractivity (Wildman–Crippen MR) is 90.3 cm³/mol. The molecule has 0 aliphatic carbocycles. The molecule has 7 heteroatoms. The number of aromatic nitrogens is 1. The molecule has 1 aromatic heterocycles. The molecule has 23 heavy (non-hydrogen) atoms. The number of ether oxygens (including phenoxy) is 2. The molecular weight excluding hydrogens is 384 g/mol. The molecule has 0 bridgehead atoms. The zero-order valence-electron chi connectivity index (χ0n) is 12.3. The maximum Gasteiger partial charge on any atom is 0.256 e. The molecule has 0 saturated heterocycles. The molecule has 1 unspecified atom stereocenters. The minimum absolute atomic E-state index is 0.177. The molecule has 2 heterocycles. The summed E-state index contributed by atoms with van der Waals surface area (Å²) < 4.78 is 12.2. The van der Waals surface area contributed by atoms with Crippen LogP contribution in [0.15, 0.2) is 41.0 Å². The number of nitrogens with zero attached hydrogens (tertiary/aromatic N) is 2. The number of rotatable bonds is 3. The molecule has 3 rings (SSSR count). The van der Waals surface area contributed by atoms with Crippen LogP contribution in [0.5, 0.6) is 11.5 Å². The van der Waals surface area contributed by atoms with Gasteiger partial charge in [0.15, 0.2) is 17.6 Å². The van der Waals surface area contributed by atoms with Gasteiger partial charge in [-0.1, -0.05) is 23.7 Å². The lowest BCUT2D eigenvalue weighted by molar-refractivity contribution is 0.0521. The van der Waals surface area contributed by atoms with Gasteiger partial charge in [0.05, 0.1) is 12.1 Å². The molecule has 0 N–H and O–H groups in total. The van der Waals surface area contributed by atoms with Crippen LogP contribution in [0.2, 0.25) is 5.15 Å². The van der Waals surface area contributed by atoms with Crippen molar-refractivity contribution in [2.24, 2.45) is 0 Å². The van der Waals surface area contributed by atoms with Gasteiger partial charge < -0.3 is 14.4 Å². The Morgan fingerprint density at radius 2 is 2.17 bits per heavy atom. The van der Waals surface area contributed by atoms with E-state index < -0.39 is 0 Å². The van der Waals surface area contributed by atoms with Crippen molar-refractivity contribution in [3.8, 4) is 11.5 Å². The predicted octanol–water partition coefficient (Wildman–Crippen LogP) is 3.41. The van der Waals surface area contributed by atoms with Crippen LogP contribution in [0.4, 0.5) is 0 Å². The molecule has 1 atom stereocenters. The highest BCUT2D eigenvalue weighted by Crippen LogP contribution is 2.31. The maximum absolute atomic E-state index is 12.5. The summed E-state index contributed by atoms with van der Waals surface area (Å²) in [5.41, 5.74) is 0.348. The first-order valence-electron chi connectivity index (χ1n) is 6.99. The van der Waals surface area contributed by atoms with Crippen molar-refractivity contribution in [2.45, 2.75) is 6.10 Å². The summed E-state index contributed by atoms with van der Waals surface area (Å²) in [7, 11) is 1.70. The summed E-state index contributed by atoms with van der Waals surface area (Å²) in [5.74, 6) is 1.19. The highest BCUT2D eigenvalue weighted by atomic mass is 79.9. The Bertz CT molecular complexity index is 741. The quantitative estimate of drug-likeness (QED) is 0.745. The molecule has 0 saturated carbocycles. The van der Waals surface area contributed by atoms with Crippen molar-refractivity contribution in [1.29, 1.82) is 0 Å². The highest BCUT2D eigenvalue weighted by Gasteiger charge is 2.25. The number of amides is 1. The fourth-order valence-electron chi connectivity index (χ4n) is 2.32. The number of carbonyl (C=O) groups excluding carboxylic acids is 1. The van der Waals surface area contributed by atoms with Gasteiger partial charge in [-0.25, -0.2) is 4.98 Å². The first-order chi connectivity index (χ1) is 11.0. The second-order valence-electron chi connectivity index (χ2n) is 5.18. The zero-order valence-corrected chi connectivity index (χ0v) is 14.7. The van der Waals surface area contributed by atoms with Gasteiger partial charge in [0.2, 0.25) is 0 Å². The van der Waals surface area contributed by atoms with E-state index in [0.717, 1.165) is 5.75 Å². The Kier molecular flexibility index (Phi) is 4.73. The summed E-state index contributed by atoms with van der Waals surface area (Å²) in [6, 6.07) is 9.13. The van der Waals surface area contributed by atoms with Gasteiger partial charge in [-0.15, -0.1) is 0 Å². The highest BCUT2D eigenvalue weighted by molar-refractivity contribution is 9.10. The number of fused-ring (bicyclic) bond motifs is 1. The van der Waals surface area contributed by atoms with Crippen LogP contribution in [-0.4, -0.2) is 42.1 Å². The number of pyridine rings is 1. The smallest absolute Gasteiger partial charge is 0.256 e. The topological polar surface area (TPSA) is 51.7 Å². The Balaban J connectivity index is 1.69. The molecular formula is C16H14BrClN2O3. The van der Waals surface area contributed by atoms with Crippen molar-refractivity contribution < 1.29 is 14.3 Å². The first kappa shape index (κ1) is 16.1. The van der Waals surface area contributed by atoms with Crippen LogP contribution in [0.1, 0.15) is 10.4 Å². The van der Waals surface area contributed by atoms with Crippen LogP contribution in [0.3, 0.4) is 0 Å². The van der Waals surface area contributed by atoms with E-state index in [1.165, 1.54) is 0 Å². The van der Waals surface area contributed by atoms with Gasteiger partial charge >= 0.3 is 0 Å². The summed E-state index contributed by atoms with van der Waals surface area (Å²) >= 11 is 9.30. The van der Waals surface area contributed by atoms with Gasteiger partial charge in [0, 0.05) is 17.7 Å². The van der Waals surface area contributed by atoms with E-state index in [-0.39, 0.29) is 17.2 Å². The number of para-hydroxylation sites is 2. The minimum Gasteiger partial charge on any atom is -0.486 e. The average molecular weight is 398 g/mol. The lowest BCUT2D eigenvalue weighted by Crippen LogP contribution is -2.41. The fraction of sp³-hybridized carbons (Fsp3) is 0.250. The number of halogens is 2. The SMILES string of the molecule is CN(CC1COc2ccccc2O1)C(=O)c1cc(Br)cnc1Cl. The van der Waals surface area contributed by atoms with Crippen molar-refractivity contribution in [1.82, 2.24) is 9.88 Å². The normalized spacial score (nSPS) is 16.0. The van der Waals surface area contributed by atoms with E-state index >= 15 is 0 Å². The number of hydrogen-bond donors (Lipinski definition) is 0. The first-order valence-corrected chi connectivity index (χ1v) is 8.16. The monoisotopic (exact) mass is 396 g/mol. The lowest BCUT2D eigenvalue weighted by Gasteiger charge is -2.29. The minimum atomic E-state index is -0.238. The number of likely N-dealkylation sites (N-methyl/N-ethyl adjacent to an activating group) is 1. The Morgan fingerprint density at radius 1 is 1.43 bits per heavy atom. The number of benzene rings is 1. The summed E-state index contributed by atoms with van der Waals surface area (Å²) in [6.07, 6.45) is 1.31. The van der Waals surface area contributed by atoms with Gasteiger partial charge in [-0.2, -0.15) is 0 Å². The number of hydrogen-bond acceptors (Lipinski definition) is 4. The standard InChI is InChI=1S/C16H14BrClN2O3/c1-20(16(21)12-6-10(17)7-19-15(12)18)8-11-9-22-13-4-2-3-5-14(13)23-11/h2-7,11H,8-9H2,1H3. The summed E-state index contributed by atoms with van der Waals surface area (Å²) in [4.78, 5) is 18.0. The molecule has 2 aromatic rings. The van der Waals surface area contributed by atoms with E-state index in [1.54, 1.807) is 24.2 Å². The van der Waals surface area contributed by atoms with Crippen LogP contribution in [-0.2, 0) is 0 Å². The molecule has 120 valence electrons. The summed E-state index contributed by atoms with van der Waals surface area (Å²) in [6.45, 7) is 0.773. The third-order valence-electron chi connectivity index (χ3n) is 3.43. The molecule has 1 aliphatic heterocycles. The third-order valence-corrected chi connectivity index (χ3v) is 4.16. The molecule has 0 fully saturated rings. The van der Waals surface area contributed by atoms with Gasteiger partial charge in [-0.3, -0.25) is 4.79 Å². The second-order valence-corrected chi connectivity index (χ2v) is 6.45. The second kappa shape index (κ2) is 6.76. The van der Waals surface area contributed by atoms with E-state index in [4.69, 9.17) is 21.1 Å². The van der Waals surface area contributed by atoms with E-state index in [0.29, 0.717) is 28.9 Å². The van der Waals surface area contributed by atoms with Crippen molar-refractivity contribution >= 4 is 33.4 Å². The Morgan fingerprint density at radius 3 is 2.96 bits per heavy atom. The van der Waals surface area contributed by atoms with E-state index in [1.807, 2.05) is 24.3 Å². The molecule has 1 amide bonds. The van der Waals surface area contributed by atoms with Crippen LogP contribution >= 0.6 is 27.5 Å². The molecule has 5 nitrogen and oxygen atoms in total. The Labute approximate surface area is 147 Å². The largest absolute Gasteiger partial charge is 0.486 e. The van der Waals surface area contributed by atoms with Crippen LogP contribution < -0.4 is 9.47 Å². The van der Waals surface area contributed by atoms with Gasteiger partial charge in [-0.05, 0) is 34.1 Å². The Hall–Kier alpha value is -1.79. The lowest BCUT2D eigenvalue weighted by atomic mass is 10.2. The number of carbonyl (C=O) groups is 1. The van der Waals surface area contributed by atoms with Gasteiger partial charge in [0.1, 0.15) is 11.8 Å². The summed E-state index contributed by atoms with van der Waals surface area (Å²) in [5, 5.41) is 0.177. The fourth-order valence-corrected chi connectivity index (χ4v) is 2.84. The van der Waals surface area contributed by atoms with E-state index in [2.05, 4.69) is 20.9 Å².